The van der Waals surface area contributed by atoms with Crippen LogP contribution in [0.5, 0.6) is 0 Å². The van der Waals surface area contributed by atoms with E-state index in [-0.39, 0.29) is 0 Å². The second-order valence-electron chi connectivity index (χ2n) is 1.49. The predicted octanol–water partition coefficient (Wildman–Crippen LogP) is 3.15. The lowest BCUT2D eigenvalue weighted by molar-refractivity contribution is -0.0979. The van der Waals surface area contributed by atoms with Gasteiger partial charge in [-0.1, -0.05) is 20.8 Å². The fraction of sp³-hybridized carbons (Fsp3) is 0.444. The highest BCUT2D eigenvalue weighted by Crippen LogP contribution is 2.04. The number of thiophene rings is 1. The van der Waals surface area contributed by atoms with Gasteiger partial charge in [0.1, 0.15) is 6.79 Å². The molecule has 0 bridgehead atoms. The van der Waals surface area contributed by atoms with E-state index in [1.807, 2.05) is 20.6 Å². The number of aryl methyl sites for hydroxylation is 1. The Hall–Kier alpha value is -0.630. The average molecular weight is 172 g/mol. The molecule has 0 fully saturated rings. The van der Waals surface area contributed by atoms with E-state index in [1.54, 1.807) is 11.3 Å². The monoisotopic (exact) mass is 172 g/mol. The molecule has 1 rings (SSSR count). The van der Waals surface area contributed by atoms with Gasteiger partial charge in [-0.25, -0.2) is 0 Å². The van der Waals surface area contributed by atoms with Gasteiger partial charge in [-0.05, 0) is 28.8 Å². The van der Waals surface area contributed by atoms with Crippen LogP contribution in [0.4, 0.5) is 0 Å². The zero-order valence-electron chi connectivity index (χ0n) is 7.46. The van der Waals surface area contributed by atoms with Crippen LogP contribution in [-0.2, 0) is 11.2 Å². The molecule has 1 heterocycles. The summed E-state index contributed by atoms with van der Waals surface area (Å²) in [6, 6.07) is 2.16. The summed E-state index contributed by atoms with van der Waals surface area (Å²) in [6.07, 6.45) is 1.17. The molecule has 64 valence electrons. The number of hydrogen-bond donors (Lipinski definition) is 0. The molecule has 0 spiro atoms. The fourth-order valence-corrected chi connectivity index (χ4v) is 1.25. The summed E-state index contributed by atoms with van der Waals surface area (Å²) >= 11 is 1.76. The number of carbonyl (C=O) groups excluding carboxylic acids is 1. The van der Waals surface area contributed by atoms with Crippen molar-refractivity contribution in [3.8, 4) is 0 Å². The second kappa shape index (κ2) is 12.1. The smallest absolute Gasteiger partial charge is 0.106 e. The lowest BCUT2D eigenvalue weighted by Crippen LogP contribution is -1.66. The minimum Gasteiger partial charge on any atom is -0.307 e. The molecule has 1 aromatic heterocycles. The van der Waals surface area contributed by atoms with Crippen molar-refractivity contribution in [2.24, 2.45) is 0 Å². The minimum absolute atomic E-state index is 1.17. The summed E-state index contributed by atoms with van der Waals surface area (Å²) in [6.45, 7) is 8.17. The maximum Gasteiger partial charge on any atom is 0.106 e. The summed E-state index contributed by atoms with van der Waals surface area (Å²) in [5.41, 5.74) is 1.45. The molecule has 0 radical (unpaired) electrons. The lowest BCUT2D eigenvalue weighted by Gasteiger charge is -1.78. The fourth-order valence-electron chi connectivity index (χ4n) is 0.494. The first-order valence-electron chi connectivity index (χ1n) is 3.73. The van der Waals surface area contributed by atoms with Crippen LogP contribution in [0.25, 0.3) is 0 Å². The molecule has 0 N–H and O–H groups in total. The molecular weight excluding hydrogens is 156 g/mol. The molecule has 0 saturated heterocycles. The van der Waals surface area contributed by atoms with Gasteiger partial charge in [0.25, 0.3) is 0 Å². The largest absolute Gasteiger partial charge is 0.307 e. The maximum absolute atomic E-state index is 8.00. The summed E-state index contributed by atoms with van der Waals surface area (Å²) in [4.78, 5) is 8.00. The van der Waals surface area contributed by atoms with Crippen molar-refractivity contribution >= 4 is 18.1 Å². The third kappa shape index (κ3) is 7.26. The maximum atomic E-state index is 8.00. The van der Waals surface area contributed by atoms with Crippen molar-refractivity contribution < 1.29 is 4.79 Å². The standard InChI is InChI=1S/C6H8S.C2H6.CH2O/c1-2-6-3-4-7-5-6;2*1-2/h3-5H,2H2,1H3;1-2H3;1H2. The Balaban J connectivity index is 0. The van der Waals surface area contributed by atoms with Gasteiger partial charge in [0.15, 0.2) is 0 Å². The molecular formula is C9H16OS. The molecule has 0 atom stereocenters. The van der Waals surface area contributed by atoms with Gasteiger partial charge in [0.05, 0.1) is 0 Å². The number of carbonyl (C=O) groups is 1. The first-order chi connectivity index (χ1) is 5.43. The van der Waals surface area contributed by atoms with Crippen LogP contribution in [0.3, 0.4) is 0 Å². The van der Waals surface area contributed by atoms with Crippen LogP contribution >= 0.6 is 11.3 Å². The lowest BCUT2D eigenvalue weighted by atomic mass is 10.3. The van der Waals surface area contributed by atoms with Gasteiger partial charge >= 0.3 is 0 Å². The van der Waals surface area contributed by atoms with E-state index >= 15 is 0 Å². The molecule has 0 amide bonds. The Morgan fingerprint density at radius 2 is 2.00 bits per heavy atom. The first kappa shape index (κ1) is 13.0. The van der Waals surface area contributed by atoms with Crippen LogP contribution in [0.15, 0.2) is 16.8 Å². The molecule has 1 aromatic rings. The Morgan fingerprint density at radius 3 is 2.18 bits per heavy atom. The van der Waals surface area contributed by atoms with Crippen molar-refractivity contribution in [2.45, 2.75) is 27.2 Å². The van der Waals surface area contributed by atoms with Crippen molar-refractivity contribution in [1.82, 2.24) is 0 Å². The van der Waals surface area contributed by atoms with E-state index in [1.165, 1.54) is 12.0 Å². The Kier molecular flexibility index (Phi) is 14.3. The number of rotatable bonds is 1. The van der Waals surface area contributed by atoms with Crippen molar-refractivity contribution in [1.29, 1.82) is 0 Å². The van der Waals surface area contributed by atoms with Crippen molar-refractivity contribution in [2.75, 3.05) is 0 Å². The van der Waals surface area contributed by atoms with Crippen molar-refractivity contribution in [3.05, 3.63) is 22.4 Å². The van der Waals surface area contributed by atoms with Gasteiger partial charge < -0.3 is 4.79 Å². The molecule has 11 heavy (non-hydrogen) atoms. The highest BCUT2D eigenvalue weighted by Gasteiger charge is 1.82. The zero-order valence-corrected chi connectivity index (χ0v) is 8.28. The summed E-state index contributed by atoms with van der Waals surface area (Å²) in [5, 5.41) is 4.29. The Labute approximate surface area is 73.1 Å². The van der Waals surface area contributed by atoms with Crippen LogP contribution in [0.1, 0.15) is 26.3 Å². The Morgan fingerprint density at radius 1 is 1.45 bits per heavy atom. The zero-order chi connectivity index (χ0) is 9.11. The SMILES string of the molecule is C=O.CC.CCc1ccsc1. The van der Waals surface area contributed by atoms with Crippen LogP contribution in [0, 0.1) is 0 Å². The minimum atomic E-state index is 1.17. The predicted molar refractivity (Wildman–Crippen MR) is 52.2 cm³/mol. The summed E-state index contributed by atoms with van der Waals surface area (Å²) < 4.78 is 0. The molecule has 0 saturated carbocycles. The summed E-state index contributed by atoms with van der Waals surface area (Å²) in [5.74, 6) is 0. The molecule has 0 unspecified atom stereocenters. The van der Waals surface area contributed by atoms with Gasteiger partial charge in [-0.15, -0.1) is 0 Å². The average Bonchev–Trinajstić information content (AvgIpc) is 2.63. The first-order valence-corrected chi connectivity index (χ1v) is 4.67. The van der Waals surface area contributed by atoms with Gasteiger partial charge in [0, 0.05) is 0 Å². The van der Waals surface area contributed by atoms with Crippen LogP contribution in [0.2, 0.25) is 0 Å². The van der Waals surface area contributed by atoms with E-state index in [0.717, 1.165) is 0 Å². The normalized spacial score (nSPS) is 6.82. The Bertz CT molecular complexity index is 135. The highest BCUT2D eigenvalue weighted by atomic mass is 32.1. The van der Waals surface area contributed by atoms with E-state index in [4.69, 9.17) is 4.79 Å². The highest BCUT2D eigenvalue weighted by molar-refractivity contribution is 7.07. The van der Waals surface area contributed by atoms with Gasteiger partial charge in [-0.3, -0.25) is 0 Å². The second-order valence-corrected chi connectivity index (χ2v) is 2.27. The molecule has 0 aliphatic heterocycles. The third-order valence-corrected chi connectivity index (χ3v) is 1.72. The van der Waals surface area contributed by atoms with Crippen LogP contribution in [-0.4, -0.2) is 6.79 Å². The van der Waals surface area contributed by atoms with E-state index < -0.39 is 0 Å². The van der Waals surface area contributed by atoms with Gasteiger partial charge in [0.2, 0.25) is 0 Å². The topological polar surface area (TPSA) is 17.1 Å². The molecule has 2 heteroatoms. The summed E-state index contributed by atoms with van der Waals surface area (Å²) in [7, 11) is 0. The number of hydrogen-bond acceptors (Lipinski definition) is 2. The van der Waals surface area contributed by atoms with E-state index in [2.05, 4.69) is 23.8 Å². The van der Waals surface area contributed by atoms with E-state index in [0.29, 0.717) is 0 Å². The third-order valence-electron chi connectivity index (χ3n) is 0.988. The van der Waals surface area contributed by atoms with Crippen LogP contribution < -0.4 is 0 Å². The molecule has 0 aliphatic rings. The quantitative estimate of drug-likeness (QED) is 0.636. The molecule has 0 aromatic carbocycles. The molecule has 0 aliphatic carbocycles. The van der Waals surface area contributed by atoms with Gasteiger partial charge in [-0.2, -0.15) is 11.3 Å². The van der Waals surface area contributed by atoms with E-state index in [9.17, 15) is 0 Å². The van der Waals surface area contributed by atoms with Crippen molar-refractivity contribution in [3.63, 3.8) is 0 Å². The molecule has 1 nitrogen and oxygen atoms in total.